The number of isothiocyanates is 1. The summed E-state index contributed by atoms with van der Waals surface area (Å²) in [6.45, 7) is 10.7. The topological polar surface area (TPSA) is 24.4 Å². The van der Waals surface area contributed by atoms with Gasteiger partial charge >= 0.3 is 0 Å². The number of dihydropyridines is 1. The fraction of sp³-hybridized carbons (Fsp3) is 0.353. The molecule has 0 atom stereocenters. The summed E-state index contributed by atoms with van der Waals surface area (Å²) in [4.78, 5) is 4.17. The van der Waals surface area contributed by atoms with Crippen molar-refractivity contribution >= 4 is 60.3 Å². The fourth-order valence-corrected chi connectivity index (χ4v) is 2.81. The first-order valence-corrected chi connectivity index (χ1v) is 13.6. The number of benzene rings is 1. The maximum atomic E-state index is 4.73. The lowest BCUT2D eigenvalue weighted by Crippen LogP contribution is -2.22. The molecule has 0 unspecified atom stereocenters. The Labute approximate surface area is 161 Å². The minimum absolute atomic E-state index is 0.316. The SMILES string of the molecule is CC1=C(C)C(c2ccc(C)c(N=C=S)c2)C(C)=C(C)N1.II. The van der Waals surface area contributed by atoms with Crippen LogP contribution in [0.1, 0.15) is 44.7 Å². The maximum Gasteiger partial charge on any atom is 0.0771 e. The van der Waals surface area contributed by atoms with Crippen LogP contribution in [-0.4, -0.2) is 5.16 Å². The highest BCUT2D eigenvalue weighted by Gasteiger charge is 2.23. The monoisotopic (exact) mass is 538 g/mol. The van der Waals surface area contributed by atoms with Crippen LogP contribution in [0, 0.1) is 6.92 Å². The van der Waals surface area contributed by atoms with Gasteiger partial charge in [-0.1, -0.05) is 12.1 Å². The van der Waals surface area contributed by atoms with Gasteiger partial charge in [0.05, 0.1) is 10.8 Å². The molecule has 5 heteroatoms. The molecule has 0 aromatic heterocycles. The summed E-state index contributed by atoms with van der Waals surface area (Å²) >= 11 is 8.97. The van der Waals surface area contributed by atoms with Gasteiger partial charge in [-0.3, -0.25) is 0 Å². The molecule has 0 saturated carbocycles. The quantitative estimate of drug-likeness (QED) is 0.255. The zero-order chi connectivity index (χ0) is 16.9. The Morgan fingerprint density at radius 1 is 1.05 bits per heavy atom. The predicted octanol–water partition coefficient (Wildman–Crippen LogP) is 6.78. The van der Waals surface area contributed by atoms with Crippen molar-refractivity contribution in [3.63, 3.8) is 0 Å². The lowest BCUT2D eigenvalue weighted by molar-refractivity contribution is 0.772. The number of rotatable bonds is 2. The second-order valence-electron chi connectivity index (χ2n) is 5.42. The lowest BCUT2D eigenvalue weighted by atomic mass is 9.82. The summed E-state index contributed by atoms with van der Waals surface area (Å²) in [7, 11) is 0. The van der Waals surface area contributed by atoms with Crippen molar-refractivity contribution in [2.75, 3.05) is 0 Å². The third-order valence-electron chi connectivity index (χ3n) is 4.16. The van der Waals surface area contributed by atoms with Gasteiger partial charge in [0.15, 0.2) is 0 Å². The van der Waals surface area contributed by atoms with E-state index in [0.29, 0.717) is 5.92 Å². The summed E-state index contributed by atoms with van der Waals surface area (Å²) < 4.78 is 0. The molecule has 0 bridgehead atoms. The number of nitrogens with one attached hydrogen (secondary N) is 1. The van der Waals surface area contributed by atoms with Gasteiger partial charge in [0.25, 0.3) is 0 Å². The van der Waals surface area contributed by atoms with Gasteiger partial charge < -0.3 is 5.32 Å². The van der Waals surface area contributed by atoms with E-state index in [0.717, 1.165) is 11.3 Å². The van der Waals surface area contributed by atoms with Crippen molar-refractivity contribution in [1.29, 1.82) is 0 Å². The van der Waals surface area contributed by atoms with Gasteiger partial charge in [0.2, 0.25) is 0 Å². The normalized spacial score (nSPS) is 14.9. The fourth-order valence-electron chi connectivity index (χ4n) is 2.71. The van der Waals surface area contributed by atoms with Gasteiger partial charge in [0.1, 0.15) is 0 Å². The average molecular weight is 538 g/mol. The minimum atomic E-state index is 0.316. The Morgan fingerprint density at radius 3 is 2.09 bits per heavy atom. The zero-order valence-corrected chi connectivity index (χ0v) is 18.6. The van der Waals surface area contributed by atoms with E-state index >= 15 is 0 Å². The van der Waals surface area contributed by atoms with Gasteiger partial charge in [0, 0.05) is 54.5 Å². The van der Waals surface area contributed by atoms with Crippen LogP contribution in [0.4, 0.5) is 5.69 Å². The van der Waals surface area contributed by atoms with Crippen LogP contribution in [0.3, 0.4) is 0 Å². The summed E-state index contributed by atoms with van der Waals surface area (Å²) in [5.74, 6) is 0.316. The van der Waals surface area contributed by atoms with Crippen LogP contribution in [0.2, 0.25) is 0 Å². The molecule has 0 spiro atoms. The van der Waals surface area contributed by atoms with E-state index in [2.05, 4.69) is 98.6 Å². The Hall–Kier alpha value is -0.240. The molecule has 2 nitrogen and oxygen atoms in total. The van der Waals surface area contributed by atoms with E-state index in [-0.39, 0.29) is 0 Å². The van der Waals surface area contributed by atoms with Crippen molar-refractivity contribution in [2.45, 2.75) is 40.5 Å². The van der Waals surface area contributed by atoms with Crippen molar-refractivity contribution in [3.05, 3.63) is 51.9 Å². The summed E-state index contributed by atoms with van der Waals surface area (Å²) in [6, 6.07) is 6.41. The number of nitrogens with zero attached hydrogens (tertiary/aromatic N) is 1. The molecule has 1 heterocycles. The van der Waals surface area contributed by atoms with Crippen LogP contribution >= 0.6 is 49.4 Å². The third kappa shape index (κ3) is 4.40. The number of allylic oxidation sites excluding steroid dienone is 4. The molecule has 1 aromatic carbocycles. The summed E-state index contributed by atoms with van der Waals surface area (Å²) in [5, 5.41) is 5.90. The first-order valence-electron chi connectivity index (χ1n) is 6.90. The van der Waals surface area contributed by atoms with E-state index in [1.165, 1.54) is 28.1 Å². The molecular weight excluding hydrogens is 518 g/mol. The number of aliphatic imine (C=N–C) groups is 1. The van der Waals surface area contributed by atoms with E-state index in [4.69, 9.17) is 12.2 Å². The van der Waals surface area contributed by atoms with Gasteiger partial charge in [-0.05, 0) is 75.2 Å². The first kappa shape index (κ1) is 19.8. The second kappa shape index (κ2) is 9.15. The van der Waals surface area contributed by atoms with E-state index in [1.807, 2.05) is 6.92 Å². The Balaban J connectivity index is 0.00000116. The Morgan fingerprint density at radius 2 is 1.59 bits per heavy atom. The van der Waals surface area contributed by atoms with Crippen molar-refractivity contribution in [3.8, 4) is 0 Å². The lowest BCUT2D eigenvalue weighted by Gasteiger charge is -2.29. The Bertz CT molecular complexity index is 647. The molecule has 118 valence electrons. The van der Waals surface area contributed by atoms with Crippen molar-refractivity contribution in [1.82, 2.24) is 5.32 Å². The molecule has 0 amide bonds. The summed E-state index contributed by atoms with van der Waals surface area (Å²) in [5.41, 5.74) is 8.47. The maximum absolute atomic E-state index is 4.73. The van der Waals surface area contributed by atoms with Crippen LogP contribution < -0.4 is 5.32 Å². The van der Waals surface area contributed by atoms with Crippen LogP contribution in [0.25, 0.3) is 0 Å². The zero-order valence-electron chi connectivity index (χ0n) is 13.4. The molecule has 1 N–H and O–H groups in total. The summed E-state index contributed by atoms with van der Waals surface area (Å²) in [6.07, 6.45) is 0. The van der Waals surface area contributed by atoms with Gasteiger partial charge in [-0.25, -0.2) is 0 Å². The van der Waals surface area contributed by atoms with Gasteiger partial charge in [-0.15, -0.1) is 0 Å². The molecule has 2 rings (SSSR count). The number of hydrogen-bond acceptors (Lipinski definition) is 3. The van der Waals surface area contributed by atoms with E-state index < -0.39 is 0 Å². The highest BCUT2D eigenvalue weighted by Crippen LogP contribution is 2.38. The molecule has 0 radical (unpaired) electrons. The highest BCUT2D eigenvalue weighted by atomic mass is 128. The predicted molar refractivity (Wildman–Crippen MR) is 117 cm³/mol. The minimum Gasteiger partial charge on any atom is -0.363 e. The molecule has 0 fully saturated rings. The largest absolute Gasteiger partial charge is 0.363 e. The van der Waals surface area contributed by atoms with Crippen LogP contribution in [0.15, 0.2) is 45.7 Å². The molecule has 0 aliphatic carbocycles. The molecule has 1 aliphatic heterocycles. The number of hydrogen-bond donors (Lipinski definition) is 1. The van der Waals surface area contributed by atoms with E-state index in [9.17, 15) is 0 Å². The van der Waals surface area contributed by atoms with E-state index in [1.54, 1.807) is 0 Å². The second-order valence-corrected chi connectivity index (χ2v) is 5.61. The van der Waals surface area contributed by atoms with Gasteiger partial charge in [-0.2, -0.15) is 4.99 Å². The molecule has 1 aromatic rings. The average Bonchev–Trinajstić information content (AvgIpc) is 2.51. The number of halogens is 2. The highest BCUT2D eigenvalue weighted by molar-refractivity contribution is 15.0. The first-order chi connectivity index (χ1) is 10.5. The standard InChI is InChI=1S/C17H20N2S.I2/c1-10-6-7-15(8-16(10)18-9-20)17-11(2)13(4)19-14(5)12(17)3;1-2/h6-8,17,19H,1-5H3;. The molecular formula is C17H20I2N2S. The number of aryl methyl sites for hydroxylation is 1. The molecule has 22 heavy (non-hydrogen) atoms. The van der Waals surface area contributed by atoms with Crippen LogP contribution in [-0.2, 0) is 0 Å². The van der Waals surface area contributed by atoms with Crippen LogP contribution in [0.5, 0.6) is 0 Å². The van der Waals surface area contributed by atoms with Crippen molar-refractivity contribution < 1.29 is 0 Å². The molecule has 1 aliphatic rings. The van der Waals surface area contributed by atoms with Crippen molar-refractivity contribution in [2.24, 2.45) is 4.99 Å². The third-order valence-corrected chi connectivity index (χ3v) is 4.25. The number of thiocarbonyl (C=S) groups is 1. The Kier molecular flexibility index (Phi) is 8.24. The molecule has 0 saturated heterocycles. The smallest absolute Gasteiger partial charge is 0.0771 e.